The predicted molar refractivity (Wildman–Crippen MR) is 151 cm³/mol. The summed E-state index contributed by atoms with van der Waals surface area (Å²) in [6.07, 6.45) is 2.75. The second-order valence-corrected chi connectivity index (χ2v) is 10.3. The maximum absolute atomic E-state index is 13.7. The third kappa shape index (κ3) is 5.60. The molecule has 1 aliphatic rings. The number of hydrogen-bond donors (Lipinski definition) is 2. The van der Waals surface area contributed by atoms with Crippen LogP contribution in [-0.2, 0) is 11.2 Å². The number of halogens is 1. The average Bonchev–Trinajstić information content (AvgIpc) is 2.95. The Morgan fingerprint density at radius 3 is 2.36 bits per heavy atom. The van der Waals surface area contributed by atoms with E-state index in [1.165, 1.54) is 7.11 Å². The van der Waals surface area contributed by atoms with Crippen molar-refractivity contribution >= 4 is 34.4 Å². The van der Waals surface area contributed by atoms with Crippen LogP contribution in [0.3, 0.4) is 0 Å². The number of fused-ring (bicyclic) bond motifs is 1. The van der Waals surface area contributed by atoms with Gasteiger partial charge in [-0.25, -0.2) is 4.79 Å². The van der Waals surface area contributed by atoms with Crippen molar-refractivity contribution in [3.8, 4) is 5.69 Å². The third-order valence-electron chi connectivity index (χ3n) is 7.25. The van der Waals surface area contributed by atoms with Gasteiger partial charge in [-0.2, -0.15) is 0 Å². The van der Waals surface area contributed by atoms with E-state index in [0.717, 1.165) is 18.4 Å². The highest BCUT2D eigenvalue weighted by atomic mass is 35.5. The van der Waals surface area contributed by atoms with Crippen LogP contribution in [-0.4, -0.2) is 40.8 Å². The van der Waals surface area contributed by atoms with Crippen molar-refractivity contribution in [2.45, 2.75) is 44.2 Å². The van der Waals surface area contributed by atoms with Crippen molar-refractivity contribution in [2.24, 2.45) is 0 Å². The number of benzene rings is 3. The molecule has 0 unspecified atom stereocenters. The molecule has 1 fully saturated rings. The quantitative estimate of drug-likeness (QED) is 0.331. The summed E-state index contributed by atoms with van der Waals surface area (Å²) in [4.78, 5) is 39.7. The lowest BCUT2D eigenvalue weighted by atomic mass is 9.93. The summed E-state index contributed by atoms with van der Waals surface area (Å²) in [7, 11) is 1.29. The molecule has 3 aromatic carbocycles. The first-order valence-corrected chi connectivity index (χ1v) is 13.3. The summed E-state index contributed by atoms with van der Waals surface area (Å²) in [5, 5.41) is 13.6. The van der Waals surface area contributed by atoms with E-state index < -0.39 is 5.97 Å². The maximum Gasteiger partial charge on any atom is 0.355 e. The highest BCUT2D eigenvalue weighted by Gasteiger charge is 2.25. The van der Waals surface area contributed by atoms with Gasteiger partial charge in [0.15, 0.2) is 5.43 Å². The van der Waals surface area contributed by atoms with E-state index in [0.29, 0.717) is 45.6 Å². The predicted octanol–water partition coefficient (Wildman–Crippen LogP) is 5.05. The van der Waals surface area contributed by atoms with Gasteiger partial charge in [0.25, 0.3) is 5.91 Å². The molecule has 1 aliphatic carbocycles. The van der Waals surface area contributed by atoms with Crippen molar-refractivity contribution in [3.63, 3.8) is 0 Å². The Kier molecular flexibility index (Phi) is 7.82. The van der Waals surface area contributed by atoms with E-state index in [9.17, 15) is 19.5 Å². The van der Waals surface area contributed by atoms with Crippen LogP contribution in [0.5, 0.6) is 0 Å². The number of pyridine rings is 1. The van der Waals surface area contributed by atoms with E-state index in [4.69, 9.17) is 16.3 Å². The zero-order chi connectivity index (χ0) is 27.5. The highest BCUT2D eigenvalue weighted by Crippen LogP contribution is 2.27. The van der Waals surface area contributed by atoms with E-state index in [1.54, 1.807) is 47.0 Å². The standard InChI is InChI=1S/C31H29ClN2O5/c1-39-31(38)28-26(17-19-7-9-20(10-8-19)30(37)33-22-12-14-24(35)15-13-22)29(36)25-16-11-21(32)18-27(25)34(28)23-5-3-2-4-6-23/h2-11,16,18,22,24,35H,12-15,17H2,1H3,(H,33,37). The Morgan fingerprint density at radius 2 is 1.69 bits per heavy atom. The summed E-state index contributed by atoms with van der Waals surface area (Å²) in [5.41, 5.74) is 2.60. The number of aliphatic hydroxyl groups is 1. The van der Waals surface area contributed by atoms with Gasteiger partial charge in [-0.1, -0.05) is 41.9 Å². The fraction of sp³-hybridized carbons (Fsp3) is 0.258. The molecule has 0 saturated heterocycles. The van der Waals surface area contributed by atoms with Gasteiger partial charge >= 0.3 is 5.97 Å². The number of ether oxygens (including phenoxy) is 1. The van der Waals surface area contributed by atoms with Gasteiger partial charge in [-0.3, -0.25) is 9.59 Å². The van der Waals surface area contributed by atoms with Crippen LogP contribution in [0.25, 0.3) is 16.6 Å². The van der Waals surface area contributed by atoms with Crippen LogP contribution in [0, 0.1) is 0 Å². The monoisotopic (exact) mass is 544 g/mol. The number of rotatable bonds is 6. The number of methoxy groups -OCH3 is 1. The van der Waals surface area contributed by atoms with Gasteiger partial charge in [0.1, 0.15) is 5.69 Å². The molecule has 0 atom stereocenters. The van der Waals surface area contributed by atoms with E-state index in [2.05, 4.69) is 5.32 Å². The fourth-order valence-corrected chi connectivity index (χ4v) is 5.36. The van der Waals surface area contributed by atoms with E-state index >= 15 is 0 Å². The summed E-state index contributed by atoms with van der Waals surface area (Å²) < 4.78 is 6.86. The molecule has 1 saturated carbocycles. The molecule has 1 amide bonds. The molecule has 7 nitrogen and oxygen atoms in total. The van der Waals surface area contributed by atoms with Crippen LogP contribution in [0.15, 0.2) is 77.6 Å². The van der Waals surface area contributed by atoms with Crippen molar-refractivity contribution < 1.29 is 19.4 Å². The number of aromatic nitrogens is 1. The number of esters is 1. The van der Waals surface area contributed by atoms with Crippen LogP contribution >= 0.6 is 11.6 Å². The smallest absolute Gasteiger partial charge is 0.355 e. The minimum Gasteiger partial charge on any atom is -0.464 e. The molecule has 200 valence electrons. The second kappa shape index (κ2) is 11.4. The third-order valence-corrected chi connectivity index (χ3v) is 7.49. The lowest BCUT2D eigenvalue weighted by molar-refractivity contribution is 0.0589. The molecule has 2 N–H and O–H groups in total. The van der Waals surface area contributed by atoms with Crippen molar-refractivity contribution in [2.75, 3.05) is 7.11 Å². The molecular formula is C31H29ClN2O5. The highest BCUT2D eigenvalue weighted by molar-refractivity contribution is 6.31. The Labute approximate surface area is 231 Å². The minimum absolute atomic E-state index is 0.0470. The number of carbonyl (C=O) groups is 2. The molecule has 1 aromatic heterocycles. The summed E-state index contributed by atoms with van der Waals surface area (Å²) in [6, 6.07) is 21.3. The lowest BCUT2D eigenvalue weighted by Gasteiger charge is -2.26. The largest absolute Gasteiger partial charge is 0.464 e. The second-order valence-electron chi connectivity index (χ2n) is 9.83. The van der Waals surface area contributed by atoms with Crippen LogP contribution in [0.4, 0.5) is 0 Å². The van der Waals surface area contributed by atoms with Gasteiger partial charge in [0.05, 0.1) is 18.7 Å². The number of amides is 1. The molecule has 0 bridgehead atoms. The van der Waals surface area contributed by atoms with Crippen LogP contribution in [0.2, 0.25) is 5.02 Å². The molecule has 4 aromatic rings. The fourth-order valence-electron chi connectivity index (χ4n) is 5.19. The zero-order valence-corrected chi connectivity index (χ0v) is 22.3. The lowest BCUT2D eigenvalue weighted by Crippen LogP contribution is -2.38. The first-order valence-electron chi connectivity index (χ1n) is 12.9. The number of nitrogens with one attached hydrogen (secondary N) is 1. The van der Waals surface area contributed by atoms with Gasteiger partial charge in [-0.15, -0.1) is 0 Å². The van der Waals surface area contributed by atoms with E-state index in [1.807, 2.05) is 30.3 Å². The van der Waals surface area contributed by atoms with E-state index in [-0.39, 0.29) is 35.6 Å². The number of hydrogen-bond acceptors (Lipinski definition) is 5. The molecule has 0 aliphatic heterocycles. The van der Waals surface area contributed by atoms with Crippen molar-refractivity contribution in [1.29, 1.82) is 0 Å². The Morgan fingerprint density at radius 1 is 1.00 bits per heavy atom. The Balaban J connectivity index is 1.53. The number of aliphatic hydroxyl groups excluding tert-OH is 1. The number of para-hydroxylation sites is 1. The Bertz CT molecular complexity index is 1570. The average molecular weight is 545 g/mol. The SMILES string of the molecule is COC(=O)c1c(Cc2ccc(C(=O)NC3CCC(O)CC3)cc2)c(=O)c2ccc(Cl)cc2n1-c1ccccc1. The van der Waals surface area contributed by atoms with Gasteiger partial charge in [0, 0.05) is 39.7 Å². The van der Waals surface area contributed by atoms with Crippen LogP contribution in [0.1, 0.15) is 57.7 Å². The summed E-state index contributed by atoms with van der Waals surface area (Å²) >= 11 is 6.30. The van der Waals surface area contributed by atoms with Gasteiger partial charge < -0.3 is 19.7 Å². The molecule has 5 rings (SSSR count). The molecule has 39 heavy (non-hydrogen) atoms. The topological polar surface area (TPSA) is 97.6 Å². The molecule has 0 radical (unpaired) electrons. The number of nitrogens with zero attached hydrogens (tertiary/aromatic N) is 1. The Hall–Kier alpha value is -3.94. The molecule has 8 heteroatoms. The molecule has 0 spiro atoms. The van der Waals surface area contributed by atoms with Gasteiger partial charge in [-0.05, 0) is 73.7 Å². The minimum atomic E-state index is -0.638. The van der Waals surface area contributed by atoms with Crippen molar-refractivity contribution in [1.82, 2.24) is 9.88 Å². The zero-order valence-electron chi connectivity index (χ0n) is 21.5. The van der Waals surface area contributed by atoms with Crippen molar-refractivity contribution in [3.05, 3.63) is 110 Å². The maximum atomic E-state index is 13.7. The summed E-state index contributed by atoms with van der Waals surface area (Å²) in [5.74, 6) is -0.811. The normalized spacial score (nSPS) is 17.1. The summed E-state index contributed by atoms with van der Waals surface area (Å²) in [6.45, 7) is 0. The molecule has 1 heterocycles. The molecular weight excluding hydrogens is 516 g/mol. The first-order chi connectivity index (χ1) is 18.9. The van der Waals surface area contributed by atoms with Gasteiger partial charge in [0.2, 0.25) is 0 Å². The number of carbonyl (C=O) groups excluding carboxylic acids is 2. The first kappa shape index (κ1) is 26.7. The van der Waals surface area contributed by atoms with Crippen LogP contribution < -0.4 is 10.7 Å².